The van der Waals surface area contributed by atoms with E-state index in [1.165, 1.54) is 11.3 Å². The second kappa shape index (κ2) is 9.67. The van der Waals surface area contributed by atoms with Gasteiger partial charge in [0, 0.05) is 20.9 Å². The molecule has 1 aromatic heterocycles. The maximum Gasteiger partial charge on any atom is 0.341 e. The van der Waals surface area contributed by atoms with Gasteiger partial charge >= 0.3 is 5.97 Å². The molecule has 3 aromatic rings. The first kappa shape index (κ1) is 23.0. The summed E-state index contributed by atoms with van der Waals surface area (Å²) in [5.74, 6) is -0.598. The Hall–Kier alpha value is -2.63. The van der Waals surface area contributed by atoms with Crippen molar-refractivity contribution in [2.45, 2.75) is 34.1 Å². The molecule has 0 saturated heterocycles. The van der Waals surface area contributed by atoms with E-state index >= 15 is 0 Å². The zero-order valence-corrected chi connectivity index (χ0v) is 19.7. The van der Waals surface area contributed by atoms with E-state index in [9.17, 15) is 9.59 Å². The fourth-order valence-electron chi connectivity index (χ4n) is 3.45. The molecule has 0 fully saturated rings. The molecule has 0 aliphatic carbocycles. The van der Waals surface area contributed by atoms with Gasteiger partial charge in [-0.2, -0.15) is 0 Å². The smallest absolute Gasteiger partial charge is 0.341 e. The number of hydrogen-bond donors (Lipinski definition) is 1. The number of nitrogens with one attached hydrogen (secondary N) is 1. The van der Waals surface area contributed by atoms with Crippen molar-refractivity contribution in [2.75, 3.05) is 11.9 Å². The van der Waals surface area contributed by atoms with E-state index in [1.807, 2.05) is 63.2 Å². The zero-order chi connectivity index (χ0) is 22.6. The van der Waals surface area contributed by atoms with Crippen LogP contribution in [0.15, 0.2) is 54.6 Å². The van der Waals surface area contributed by atoms with Crippen LogP contribution in [0.2, 0.25) is 5.02 Å². The lowest BCUT2D eigenvalue weighted by Gasteiger charge is -2.23. The normalized spacial score (nSPS) is 11.3. The summed E-state index contributed by atoms with van der Waals surface area (Å²) in [4.78, 5) is 27.0. The fourth-order valence-corrected chi connectivity index (χ4v) is 4.64. The van der Waals surface area contributed by atoms with Gasteiger partial charge in [0.2, 0.25) is 5.91 Å². The molecule has 0 unspecified atom stereocenters. The van der Waals surface area contributed by atoms with Crippen LogP contribution in [0, 0.1) is 12.3 Å². The van der Waals surface area contributed by atoms with E-state index in [4.69, 9.17) is 16.3 Å². The highest BCUT2D eigenvalue weighted by atomic mass is 35.5. The molecule has 3 rings (SSSR count). The maximum absolute atomic E-state index is 13.2. The van der Waals surface area contributed by atoms with Crippen molar-refractivity contribution < 1.29 is 14.3 Å². The third-order valence-corrected chi connectivity index (χ3v) is 6.30. The van der Waals surface area contributed by atoms with Gasteiger partial charge in [0.1, 0.15) is 10.6 Å². The summed E-state index contributed by atoms with van der Waals surface area (Å²) in [6.07, 6.45) is 0.586. The van der Waals surface area contributed by atoms with Crippen LogP contribution in [0.5, 0.6) is 0 Å². The van der Waals surface area contributed by atoms with E-state index in [2.05, 4.69) is 5.32 Å². The van der Waals surface area contributed by atoms with E-state index in [1.54, 1.807) is 19.1 Å². The number of amides is 1. The highest BCUT2D eigenvalue weighted by molar-refractivity contribution is 7.17. The van der Waals surface area contributed by atoms with Crippen molar-refractivity contribution in [1.82, 2.24) is 0 Å². The van der Waals surface area contributed by atoms with Crippen molar-refractivity contribution in [3.05, 3.63) is 75.6 Å². The Morgan fingerprint density at radius 1 is 1.06 bits per heavy atom. The van der Waals surface area contributed by atoms with Crippen LogP contribution in [-0.2, 0) is 16.0 Å². The molecule has 4 nitrogen and oxygen atoms in total. The molecule has 1 N–H and O–H groups in total. The number of hydrogen-bond acceptors (Lipinski definition) is 4. The predicted molar refractivity (Wildman–Crippen MR) is 128 cm³/mol. The standard InChI is InChI=1S/C25H26ClNO3S/c1-5-30-23(28)21-20(18-11-13-19(26)14-12-18)16(2)31-22(21)27-24(29)25(3,4)15-17-9-7-6-8-10-17/h6-14H,5,15H2,1-4H3,(H,27,29). The average molecular weight is 456 g/mol. The largest absolute Gasteiger partial charge is 0.462 e. The van der Waals surface area contributed by atoms with Crippen molar-refractivity contribution in [2.24, 2.45) is 5.41 Å². The highest BCUT2D eigenvalue weighted by Gasteiger charge is 2.31. The van der Waals surface area contributed by atoms with Crippen LogP contribution >= 0.6 is 22.9 Å². The molecule has 31 heavy (non-hydrogen) atoms. The lowest BCUT2D eigenvalue weighted by Crippen LogP contribution is -2.33. The number of aryl methyl sites for hydroxylation is 1. The number of halogens is 1. The SMILES string of the molecule is CCOC(=O)c1c(NC(=O)C(C)(C)Cc2ccccc2)sc(C)c1-c1ccc(Cl)cc1. The number of ether oxygens (including phenoxy) is 1. The lowest BCUT2D eigenvalue weighted by atomic mass is 9.85. The minimum absolute atomic E-state index is 0.147. The van der Waals surface area contributed by atoms with Gasteiger partial charge in [-0.05, 0) is 43.5 Å². The maximum atomic E-state index is 13.2. The number of rotatable bonds is 7. The lowest BCUT2D eigenvalue weighted by molar-refractivity contribution is -0.123. The second-order valence-electron chi connectivity index (χ2n) is 7.97. The van der Waals surface area contributed by atoms with E-state index in [-0.39, 0.29) is 12.5 Å². The molecule has 0 bridgehead atoms. The summed E-state index contributed by atoms with van der Waals surface area (Å²) in [6.45, 7) is 7.75. The summed E-state index contributed by atoms with van der Waals surface area (Å²) in [7, 11) is 0. The van der Waals surface area contributed by atoms with E-state index in [0.717, 1.165) is 21.6 Å². The molecule has 0 aliphatic rings. The van der Waals surface area contributed by atoms with Crippen molar-refractivity contribution in [3.63, 3.8) is 0 Å². The Morgan fingerprint density at radius 2 is 1.71 bits per heavy atom. The third kappa shape index (κ3) is 5.35. The van der Waals surface area contributed by atoms with Crippen LogP contribution < -0.4 is 5.32 Å². The van der Waals surface area contributed by atoms with Crippen LogP contribution in [0.3, 0.4) is 0 Å². The van der Waals surface area contributed by atoms with Crippen LogP contribution in [-0.4, -0.2) is 18.5 Å². The molecule has 0 saturated carbocycles. The van der Waals surface area contributed by atoms with Gasteiger partial charge in [0.05, 0.1) is 6.61 Å². The fraction of sp³-hybridized carbons (Fsp3) is 0.280. The van der Waals surface area contributed by atoms with Crippen molar-refractivity contribution in [3.8, 4) is 11.1 Å². The first-order valence-electron chi connectivity index (χ1n) is 10.1. The van der Waals surface area contributed by atoms with Crippen molar-refractivity contribution in [1.29, 1.82) is 0 Å². The Labute approximate surface area is 192 Å². The average Bonchev–Trinajstić information content (AvgIpc) is 3.05. The number of benzene rings is 2. The Bertz CT molecular complexity index is 1070. The molecule has 1 amide bonds. The third-order valence-electron chi connectivity index (χ3n) is 5.03. The molecule has 6 heteroatoms. The van der Waals surface area contributed by atoms with Gasteiger partial charge in [-0.15, -0.1) is 11.3 Å². The molecule has 0 aliphatic heterocycles. The van der Waals surface area contributed by atoms with Crippen LogP contribution in [0.25, 0.3) is 11.1 Å². The molecule has 2 aromatic carbocycles. The zero-order valence-electron chi connectivity index (χ0n) is 18.1. The number of thiophene rings is 1. The summed E-state index contributed by atoms with van der Waals surface area (Å²) in [5.41, 5.74) is 2.42. The molecule has 0 spiro atoms. The summed E-state index contributed by atoms with van der Waals surface area (Å²) in [6, 6.07) is 17.2. The minimum atomic E-state index is -0.661. The van der Waals surface area contributed by atoms with Crippen LogP contribution in [0.4, 0.5) is 5.00 Å². The van der Waals surface area contributed by atoms with Gasteiger partial charge in [0.15, 0.2) is 0 Å². The quantitative estimate of drug-likeness (QED) is 0.400. The van der Waals surface area contributed by atoms with Gasteiger partial charge in [-0.25, -0.2) is 4.79 Å². The molecule has 162 valence electrons. The summed E-state index contributed by atoms with van der Waals surface area (Å²) in [5, 5.41) is 4.13. The summed E-state index contributed by atoms with van der Waals surface area (Å²) < 4.78 is 5.32. The number of carbonyl (C=O) groups is 2. The molecule has 1 heterocycles. The first-order valence-corrected chi connectivity index (χ1v) is 11.3. The molecular weight excluding hydrogens is 430 g/mol. The van der Waals surface area contributed by atoms with E-state index < -0.39 is 11.4 Å². The predicted octanol–water partition coefficient (Wildman–Crippen LogP) is 6.76. The second-order valence-corrected chi connectivity index (χ2v) is 9.63. The van der Waals surface area contributed by atoms with Gasteiger partial charge in [0.25, 0.3) is 0 Å². The van der Waals surface area contributed by atoms with Gasteiger partial charge < -0.3 is 10.1 Å². The minimum Gasteiger partial charge on any atom is -0.462 e. The molecule has 0 atom stereocenters. The van der Waals surface area contributed by atoms with Crippen molar-refractivity contribution >= 4 is 39.8 Å². The summed E-state index contributed by atoms with van der Waals surface area (Å²) >= 11 is 7.41. The Balaban J connectivity index is 1.96. The number of carbonyl (C=O) groups excluding carboxylic acids is 2. The number of anilines is 1. The Morgan fingerprint density at radius 3 is 2.32 bits per heavy atom. The first-order chi connectivity index (χ1) is 14.7. The van der Waals surface area contributed by atoms with Crippen LogP contribution in [0.1, 0.15) is 41.6 Å². The number of esters is 1. The van der Waals surface area contributed by atoms with Gasteiger partial charge in [-0.1, -0.05) is 67.9 Å². The molecular formula is C25H26ClNO3S. The monoisotopic (exact) mass is 455 g/mol. The Kier molecular flexibility index (Phi) is 7.19. The highest BCUT2D eigenvalue weighted by Crippen LogP contribution is 2.41. The topological polar surface area (TPSA) is 55.4 Å². The van der Waals surface area contributed by atoms with E-state index in [0.29, 0.717) is 22.0 Å². The molecule has 0 radical (unpaired) electrons. The van der Waals surface area contributed by atoms with Gasteiger partial charge in [-0.3, -0.25) is 4.79 Å².